The van der Waals surface area contributed by atoms with Gasteiger partial charge < -0.3 is 10.6 Å². The molecule has 0 saturated carbocycles. The van der Waals surface area contributed by atoms with Crippen molar-refractivity contribution in [2.45, 2.75) is 64.3 Å². The van der Waals surface area contributed by atoms with Crippen molar-refractivity contribution in [1.82, 2.24) is 10.3 Å². The molecule has 1 saturated heterocycles. The van der Waals surface area contributed by atoms with E-state index < -0.39 is 0 Å². The maximum Gasteiger partial charge on any atom is 0.227 e. The Morgan fingerprint density at radius 1 is 1.32 bits per heavy atom. The molecule has 28 heavy (non-hydrogen) atoms. The number of benzene rings is 1. The summed E-state index contributed by atoms with van der Waals surface area (Å²) in [6, 6.07) is 5.82. The van der Waals surface area contributed by atoms with Crippen molar-refractivity contribution < 1.29 is 4.79 Å². The number of piperidine rings is 1. The normalized spacial score (nSPS) is 17.5. The number of carbonyl (C=O) groups is 1. The Balaban J connectivity index is 1.76. The van der Waals surface area contributed by atoms with Crippen LogP contribution >= 0.6 is 34.5 Å². The lowest BCUT2D eigenvalue weighted by Gasteiger charge is -2.22. The number of halogens is 2. The second-order valence-corrected chi connectivity index (χ2v) is 10.3. The van der Waals surface area contributed by atoms with E-state index in [1.807, 2.05) is 12.1 Å². The quantitative estimate of drug-likeness (QED) is 0.617. The van der Waals surface area contributed by atoms with Crippen LogP contribution in [0, 0.1) is 0 Å². The van der Waals surface area contributed by atoms with Gasteiger partial charge in [0.05, 0.1) is 5.69 Å². The topological polar surface area (TPSA) is 54.0 Å². The van der Waals surface area contributed by atoms with Crippen molar-refractivity contribution in [3.8, 4) is 0 Å². The lowest BCUT2D eigenvalue weighted by atomic mass is 9.90. The predicted octanol–water partition coefficient (Wildman–Crippen LogP) is 5.81. The molecule has 1 fully saturated rings. The summed E-state index contributed by atoms with van der Waals surface area (Å²) < 4.78 is 0. The van der Waals surface area contributed by atoms with Crippen LogP contribution in [0.5, 0.6) is 0 Å². The molecule has 1 atom stereocenters. The molecule has 1 unspecified atom stereocenters. The van der Waals surface area contributed by atoms with Gasteiger partial charge in [-0.05, 0) is 37.1 Å². The molecule has 3 rings (SSSR count). The first-order chi connectivity index (χ1) is 13.2. The minimum atomic E-state index is -0.126. The Morgan fingerprint density at radius 3 is 2.75 bits per heavy atom. The molecule has 2 N–H and O–H groups in total. The van der Waals surface area contributed by atoms with E-state index in [1.165, 1.54) is 24.2 Å². The molecule has 0 aliphatic carbocycles. The number of nitrogens with zero attached hydrogens (tertiary/aromatic N) is 1. The number of thiazole rings is 1. The molecule has 0 radical (unpaired) electrons. The fourth-order valence-corrected chi connectivity index (χ4v) is 5.13. The maximum absolute atomic E-state index is 12.5. The van der Waals surface area contributed by atoms with E-state index in [2.05, 4.69) is 31.4 Å². The highest BCUT2D eigenvalue weighted by molar-refractivity contribution is 7.15. The Bertz CT molecular complexity index is 839. The first kappa shape index (κ1) is 21.6. The van der Waals surface area contributed by atoms with Gasteiger partial charge in [-0.25, -0.2) is 4.98 Å². The summed E-state index contributed by atoms with van der Waals surface area (Å²) in [7, 11) is 0. The van der Waals surface area contributed by atoms with E-state index in [9.17, 15) is 4.79 Å². The fourth-order valence-electron chi connectivity index (χ4n) is 3.44. The van der Waals surface area contributed by atoms with Crippen LogP contribution in [0.15, 0.2) is 18.2 Å². The van der Waals surface area contributed by atoms with Gasteiger partial charge in [0, 0.05) is 39.2 Å². The first-order valence-electron chi connectivity index (χ1n) is 9.69. The SMILES string of the molecule is CC(C)(C)c1nc(NC(=O)CC2CCCCN2)sc1Cc1ccc(Cl)cc1Cl. The van der Waals surface area contributed by atoms with Crippen LogP contribution in [0.3, 0.4) is 0 Å². The van der Waals surface area contributed by atoms with Crippen LogP contribution in [0.2, 0.25) is 10.0 Å². The second-order valence-electron chi connectivity index (χ2n) is 8.35. The van der Waals surface area contributed by atoms with E-state index in [0.29, 0.717) is 28.0 Å². The number of hydrogen-bond donors (Lipinski definition) is 2. The van der Waals surface area contributed by atoms with Crippen molar-refractivity contribution in [3.05, 3.63) is 44.4 Å². The van der Waals surface area contributed by atoms with Crippen LogP contribution in [0.25, 0.3) is 0 Å². The number of hydrogen-bond acceptors (Lipinski definition) is 4. The molecule has 2 heterocycles. The van der Waals surface area contributed by atoms with Crippen molar-refractivity contribution in [1.29, 1.82) is 0 Å². The van der Waals surface area contributed by atoms with Crippen molar-refractivity contribution in [2.24, 2.45) is 0 Å². The number of carbonyl (C=O) groups excluding carboxylic acids is 1. The third-order valence-electron chi connectivity index (χ3n) is 4.86. The molecule has 7 heteroatoms. The monoisotopic (exact) mass is 439 g/mol. The summed E-state index contributed by atoms with van der Waals surface area (Å²) in [5, 5.41) is 8.35. The average molecular weight is 440 g/mol. The zero-order valence-corrected chi connectivity index (χ0v) is 18.9. The molecule has 0 spiro atoms. The lowest BCUT2D eigenvalue weighted by molar-refractivity contribution is -0.116. The molecule has 0 bridgehead atoms. The fraction of sp³-hybridized carbons (Fsp3) is 0.524. The zero-order valence-electron chi connectivity index (χ0n) is 16.6. The van der Waals surface area contributed by atoms with E-state index in [4.69, 9.17) is 28.2 Å². The lowest BCUT2D eigenvalue weighted by Crippen LogP contribution is -2.36. The van der Waals surface area contributed by atoms with E-state index in [1.54, 1.807) is 6.07 Å². The van der Waals surface area contributed by atoms with Crippen LogP contribution in [0.4, 0.5) is 5.13 Å². The van der Waals surface area contributed by atoms with Gasteiger partial charge in [-0.2, -0.15) is 0 Å². The highest BCUT2D eigenvalue weighted by Gasteiger charge is 2.25. The van der Waals surface area contributed by atoms with Gasteiger partial charge in [0.1, 0.15) is 0 Å². The minimum Gasteiger partial charge on any atom is -0.313 e. The number of nitrogens with one attached hydrogen (secondary N) is 2. The predicted molar refractivity (Wildman–Crippen MR) is 119 cm³/mol. The minimum absolute atomic E-state index is 0.0182. The standard InChI is InChI=1S/C21H27Cl2N3OS/c1-21(2,3)19-17(10-13-7-8-14(22)11-16(13)23)28-20(26-19)25-18(27)12-15-6-4-5-9-24-15/h7-8,11,15,24H,4-6,9-10,12H2,1-3H3,(H,25,26,27). The molecule has 1 aliphatic rings. The van der Waals surface area contributed by atoms with Gasteiger partial charge in [-0.1, -0.05) is 56.5 Å². The Kier molecular flexibility index (Phi) is 7.02. The number of aromatic nitrogens is 1. The van der Waals surface area contributed by atoms with E-state index in [0.717, 1.165) is 29.1 Å². The summed E-state index contributed by atoms with van der Waals surface area (Å²) in [5.74, 6) is 0.0182. The van der Waals surface area contributed by atoms with E-state index >= 15 is 0 Å². The van der Waals surface area contributed by atoms with Gasteiger partial charge >= 0.3 is 0 Å². The molecule has 2 aromatic rings. The summed E-state index contributed by atoms with van der Waals surface area (Å²) in [4.78, 5) is 18.3. The van der Waals surface area contributed by atoms with Gasteiger partial charge in [-0.15, -0.1) is 11.3 Å². The number of anilines is 1. The van der Waals surface area contributed by atoms with Crippen LogP contribution in [0.1, 0.15) is 62.6 Å². The highest BCUT2D eigenvalue weighted by atomic mass is 35.5. The Morgan fingerprint density at radius 2 is 2.11 bits per heavy atom. The van der Waals surface area contributed by atoms with Gasteiger partial charge in [-0.3, -0.25) is 4.79 Å². The summed E-state index contributed by atoms with van der Waals surface area (Å²) in [6.45, 7) is 7.39. The molecule has 1 aliphatic heterocycles. The Labute approximate surface area is 181 Å². The molecular formula is C21H27Cl2N3OS. The molecule has 4 nitrogen and oxygen atoms in total. The van der Waals surface area contributed by atoms with E-state index in [-0.39, 0.29) is 17.4 Å². The summed E-state index contributed by atoms with van der Waals surface area (Å²) in [6.07, 6.45) is 4.58. The first-order valence-corrected chi connectivity index (χ1v) is 11.3. The van der Waals surface area contributed by atoms with Crippen molar-refractivity contribution >= 4 is 45.6 Å². The van der Waals surface area contributed by atoms with Crippen molar-refractivity contribution in [2.75, 3.05) is 11.9 Å². The summed E-state index contributed by atoms with van der Waals surface area (Å²) >= 11 is 13.9. The maximum atomic E-state index is 12.5. The highest BCUT2D eigenvalue weighted by Crippen LogP contribution is 2.35. The van der Waals surface area contributed by atoms with Gasteiger partial charge in [0.15, 0.2) is 5.13 Å². The van der Waals surface area contributed by atoms with Crippen molar-refractivity contribution in [3.63, 3.8) is 0 Å². The summed E-state index contributed by atoms with van der Waals surface area (Å²) in [5.41, 5.74) is 1.87. The third-order valence-corrected chi connectivity index (χ3v) is 6.42. The largest absolute Gasteiger partial charge is 0.313 e. The average Bonchev–Trinajstić information content (AvgIpc) is 3.01. The smallest absolute Gasteiger partial charge is 0.227 e. The van der Waals surface area contributed by atoms with Gasteiger partial charge in [0.25, 0.3) is 0 Å². The Hall–Kier alpha value is -1.14. The molecule has 1 aromatic heterocycles. The number of rotatable bonds is 5. The molecule has 1 amide bonds. The van der Waals surface area contributed by atoms with Gasteiger partial charge in [0.2, 0.25) is 5.91 Å². The number of amides is 1. The molecule has 1 aromatic carbocycles. The van der Waals surface area contributed by atoms with Crippen LogP contribution in [-0.2, 0) is 16.6 Å². The second kappa shape index (κ2) is 9.12. The molecular weight excluding hydrogens is 413 g/mol. The zero-order chi connectivity index (χ0) is 20.3. The van der Waals surface area contributed by atoms with Crippen LogP contribution in [-0.4, -0.2) is 23.5 Å². The van der Waals surface area contributed by atoms with Crippen LogP contribution < -0.4 is 10.6 Å². The third kappa shape index (κ3) is 5.69. The molecule has 152 valence electrons.